The molecule has 2 saturated heterocycles. The summed E-state index contributed by atoms with van der Waals surface area (Å²) in [7, 11) is 0. The molecule has 0 spiro atoms. The zero-order chi connectivity index (χ0) is 33.4. The molecule has 2 aromatic rings. The lowest BCUT2D eigenvalue weighted by Crippen LogP contribution is -2.48. The number of pyridine rings is 1. The number of likely N-dealkylation sites (tertiary alicyclic amines) is 1. The van der Waals surface area contributed by atoms with Crippen LogP contribution >= 0.6 is 0 Å². The van der Waals surface area contributed by atoms with Gasteiger partial charge in [-0.1, -0.05) is 0 Å². The summed E-state index contributed by atoms with van der Waals surface area (Å²) in [5, 5.41) is 17.5. The fourth-order valence-corrected chi connectivity index (χ4v) is 5.01. The number of carbonyl (C=O) groups is 4. The Morgan fingerprint density at radius 2 is 1.47 bits per heavy atom. The maximum Gasteiger partial charge on any atom is 0.490 e. The van der Waals surface area contributed by atoms with Crippen LogP contribution in [0.3, 0.4) is 0 Å². The lowest BCUT2D eigenvalue weighted by atomic mass is 9.74. The molecule has 2 aromatic heterocycles. The average molecular weight is 649 g/mol. The molecule has 1 saturated carbocycles. The fourth-order valence-electron chi connectivity index (χ4n) is 5.01. The number of nitrogens with zero attached hydrogens (tertiary/aromatic N) is 5. The Hall–Kier alpha value is -4.51. The van der Waals surface area contributed by atoms with Crippen LogP contribution in [0.2, 0.25) is 0 Å². The van der Waals surface area contributed by atoms with E-state index in [-0.39, 0.29) is 17.7 Å². The SMILES string of the molecule is O=C(O)C(F)(F)F.O=C(O)C(F)(F)F.O=C(c1ccncc1)N1CCC[C@@]2(C(=O)NCC3CC3)CN(c3ncccn3)C[C@@H]2C1. The van der Waals surface area contributed by atoms with Gasteiger partial charge in [0.2, 0.25) is 11.9 Å². The Kier molecular flexibility index (Phi) is 11.3. The Balaban J connectivity index is 0.000000331. The number of alkyl halides is 6. The molecule has 2 amide bonds. The summed E-state index contributed by atoms with van der Waals surface area (Å²) in [5.41, 5.74) is 0.114. The Bertz CT molecular complexity index is 1310. The molecule has 246 valence electrons. The molecule has 0 radical (unpaired) electrons. The number of aromatic nitrogens is 3. The summed E-state index contributed by atoms with van der Waals surface area (Å²) in [4.78, 5) is 61.3. The van der Waals surface area contributed by atoms with Gasteiger partial charge in [0.25, 0.3) is 5.91 Å². The van der Waals surface area contributed by atoms with Gasteiger partial charge < -0.3 is 25.3 Å². The highest BCUT2D eigenvalue weighted by Gasteiger charge is 2.54. The summed E-state index contributed by atoms with van der Waals surface area (Å²) >= 11 is 0. The lowest BCUT2D eigenvalue weighted by Gasteiger charge is -2.32. The first-order valence-corrected chi connectivity index (χ1v) is 13.6. The summed E-state index contributed by atoms with van der Waals surface area (Å²) in [5.74, 6) is -4.07. The first-order chi connectivity index (χ1) is 21.0. The van der Waals surface area contributed by atoms with Gasteiger partial charge in [-0.2, -0.15) is 26.3 Å². The third kappa shape index (κ3) is 9.74. The number of halogens is 6. The van der Waals surface area contributed by atoms with Gasteiger partial charge in [-0.15, -0.1) is 0 Å². The van der Waals surface area contributed by atoms with Gasteiger partial charge in [-0.25, -0.2) is 19.6 Å². The maximum atomic E-state index is 13.5. The first kappa shape index (κ1) is 35.0. The van der Waals surface area contributed by atoms with Gasteiger partial charge in [-0.05, 0) is 49.8 Å². The van der Waals surface area contributed by atoms with Gasteiger partial charge in [0, 0.05) is 69.0 Å². The zero-order valence-electron chi connectivity index (χ0n) is 23.6. The van der Waals surface area contributed by atoms with Crippen LogP contribution in [0, 0.1) is 17.3 Å². The normalized spacial score (nSPS) is 21.2. The summed E-state index contributed by atoms with van der Waals surface area (Å²) < 4.78 is 63.5. The maximum absolute atomic E-state index is 13.5. The molecular formula is C27H30F6N6O6. The number of hydrogen-bond acceptors (Lipinski definition) is 8. The quantitative estimate of drug-likeness (QED) is 0.411. The first-order valence-electron chi connectivity index (χ1n) is 13.6. The van der Waals surface area contributed by atoms with Crippen molar-refractivity contribution < 1.29 is 55.7 Å². The van der Waals surface area contributed by atoms with E-state index in [1.807, 2.05) is 4.90 Å². The number of fused-ring (bicyclic) bond motifs is 1. The van der Waals surface area contributed by atoms with Crippen molar-refractivity contribution in [1.82, 2.24) is 25.2 Å². The van der Waals surface area contributed by atoms with Crippen LogP contribution in [0.15, 0.2) is 43.0 Å². The number of amides is 2. The van der Waals surface area contributed by atoms with Crippen LogP contribution in [-0.4, -0.2) is 98.9 Å². The van der Waals surface area contributed by atoms with Crippen molar-refractivity contribution in [2.75, 3.05) is 37.6 Å². The summed E-state index contributed by atoms with van der Waals surface area (Å²) in [6, 6.07) is 5.30. The molecular weight excluding hydrogens is 618 g/mol. The van der Waals surface area contributed by atoms with E-state index >= 15 is 0 Å². The van der Waals surface area contributed by atoms with Gasteiger partial charge in [0.15, 0.2) is 0 Å². The number of carboxylic acids is 2. The Morgan fingerprint density at radius 1 is 0.911 bits per heavy atom. The molecule has 0 bridgehead atoms. The van der Waals surface area contributed by atoms with E-state index in [4.69, 9.17) is 19.8 Å². The van der Waals surface area contributed by atoms with E-state index in [2.05, 4.69) is 25.2 Å². The highest BCUT2D eigenvalue weighted by atomic mass is 19.4. The van der Waals surface area contributed by atoms with E-state index in [0.717, 1.165) is 19.4 Å². The molecule has 3 fully saturated rings. The molecule has 0 aromatic carbocycles. The number of rotatable bonds is 5. The van der Waals surface area contributed by atoms with Crippen LogP contribution in [0.25, 0.3) is 0 Å². The van der Waals surface area contributed by atoms with Crippen LogP contribution in [0.4, 0.5) is 32.3 Å². The standard InChI is InChI=1S/C23H28N6O2.2C2HF3O2/c30-20(18-5-10-24-11-6-18)28-12-1-7-23(21(31)27-13-17-3-4-17)16-29(15-19(23)14-28)22-25-8-2-9-26-22;2*3-2(4,5)1(6)7/h2,5-6,8-11,17,19H,1,3-4,7,12-16H2,(H,27,31);2*(H,6,7)/t19-,23+;;/m0../s1. The molecule has 5 rings (SSSR count). The molecule has 12 nitrogen and oxygen atoms in total. The third-order valence-corrected chi connectivity index (χ3v) is 7.42. The molecule has 4 heterocycles. The molecule has 2 aliphatic heterocycles. The molecule has 0 unspecified atom stereocenters. The molecule has 2 atom stereocenters. The number of carbonyl (C=O) groups excluding carboxylic acids is 2. The number of aliphatic carboxylic acids is 2. The summed E-state index contributed by atoms with van der Waals surface area (Å²) in [6.07, 6.45) is 0.551. The van der Waals surface area contributed by atoms with Crippen LogP contribution < -0.4 is 10.2 Å². The second kappa shape index (κ2) is 14.5. The van der Waals surface area contributed by atoms with Crippen molar-refractivity contribution in [3.05, 3.63) is 48.5 Å². The third-order valence-electron chi connectivity index (χ3n) is 7.42. The van der Waals surface area contributed by atoms with Crippen molar-refractivity contribution >= 4 is 29.7 Å². The molecule has 1 aliphatic carbocycles. The topological polar surface area (TPSA) is 166 Å². The van der Waals surface area contributed by atoms with E-state index in [1.165, 1.54) is 12.8 Å². The lowest BCUT2D eigenvalue weighted by molar-refractivity contribution is -0.193. The number of carboxylic acid groups (broad SMARTS) is 2. The second-order valence-corrected chi connectivity index (χ2v) is 10.6. The summed E-state index contributed by atoms with van der Waals surface area (Å²) in [6.45, 7) is 3.24. The van der Waals surface area contributed by atoms with Crippen molar-refractivity contribution in [1.29, 1.82) is 0 Å². The van der Waals surface area contributed by atoms with E-state index in [9.17, 15) is 35.9 Å². The highest BCUT2D eigenvalue weighted by Crippen LogP contribution is 2.44. The van der Waals surface area contributed by atoms with Crippen molar-refractivity contribution in [2.24, 2.45) is 17.3 Å². The van der Waals surface area contributed by atoms with E-state index in [0.29, 0.717) is 43.6 Å². The van der Waals surface area contributed by atoms with Gasteiger partial charge >= 0.3 is 24.3 Å². The van der Waals surface area contributed by atoms with Gasteiger partial charge in [0.1, 0.15) is 0 Å². The Morgan fingerprint density at radius 3 is 1.98 bits per heavy atom. The molecule has 18 heteroatoms. The monoisotopic (exact) mass is 648 g/mol. The largest absolute Gasteiger partial charge is 0.490 e. The van der Waals surface area contributed by atoms with Gasteiger partial charge in [0.05, 0.1) is 5.41 Å². The minimum absolute atomic E-state index is 0.00556. The van der Waals surface area contributed by atoms with Crippen LogP contribution in [0.1, 0.15) is 36.0 Å². The fraction of sp³-hybridized carbons (Fsp3) is 0.519. The van der Waals surface area contributed by atoms with Crippen LogP contribution in [-0.2, 0) is 14.4 Å². The number of anilines is 1. The minimum Gasteiger partial charge on any atom is -0.475 e. The molecule has 3 aliphatic rings. The number of hydrogen-bond donors (Lipinski definition) is 3. The predicted octanol–water partition coefficient (Wildman–Crippen LogP) is 3.02. The smallest absolute Gasteiger partial charge is 0.475 e. The minimum atomic E-state index is -5.08. The van der Waals surface area contributed by atoms with E-state index in [1.54, 1.807) is 43.0 Å². The average Bonchev–Trinajstić information content (AvgIpc) is 3.78. The number of nitrogens with one attached hydrogen (secondary N) is 1. The van der Waals surface area contributed by atoms with E-state index < -0.39 is 29.7 Å². The predicted molar refractivity (Wildman–Crippen MR) is 143 cm³/mol. The van der Waals surface area contributed by atoms with Crippen molar-refractivity contribution in [2.45, 2.75) is 38.0 Å². The Labute approximate surface area is 252 Å². The highest BCUT2D eigenvalue weighted by molar-refractivity contribution is 5.94. The zero-order valence-corrected chi connectivity index (χ0v) is 23.6. The van der Waals surface area contributed by atoms with Crippen molar-refractivity contribution in [3.8, 4) is 0 Å². The molecule has 45 heavy (non-hydrogen) atoms. The second-order valence-electron chi connectivity index (χ2n) is 10.6. The van der Waals surface area contributed by atoms with Crippen LogP contribution in [0.5, 0.6) is 0 Å². The molecule has 3 N–H and O–H groups in total. The van der Waals surface area contributed by atoms with Crippen molar-refractivity contribution in [3.63, 3.8) is 0 Å². The van der Waals surface area contributed by atoms with Gasteiger partial charge in [-0.3, -0.25) is 14.6 Å².